The second kappa shape index (κ2) is 11.6. The highest BCUT2D eigenvalue weighted by atomic mass is 16.5. The summed E-state index contributed by atoms with van der Waals surface area (Å²) < 4.78 is 17.2. The van der Waals surface area contributed by atoms with Gasteiger partial charge in [-0.1, -0.05) is 30.4 Å². The molecular formula is C30H34O7. The Morgan fingerprint density at radius 2 is 1.84 bits per heavy atom. The molecule has 0 aromatic heterocycles. The molecule has 0 bridgehead atoms. The number of cyclic esters (lactones) is 1. The molecule has 196 valence electrons. The van der Waals surface area contributed by atoms with Gasteiger partial charge in [0.2, 0.25) is 0 Å². The number of benzene rings is 2. The smallest absolute Gasteiger partial charge is 0.342 e. The molecule has 0 spiro atoms. The summed E-state index contributed by atoms with van der Waals surface area (Å²) in [6, 6.07) is 9.00. The van der Waals surface area contributed by atoms with Crippen molar-refractivity contribution in [3.63, 3.8) is 0 Å². The topological polar surface area (TPSA) is 99.1 Å². The number of phenols is 1. The van der Waals surface area contributed by atoms with E-state index >= 15 is 0 Å². The van der Waals surface area contributed by atoms with E-state index in [0.29, 0.717) is 55.4 Å². The van der Waals surface area contributed by atoms with Crippen LogP contribution in [0.1, 0.15) is 98.7 Å². The zero-order valence-corrected chi connectivity index (χ0v) is 21.6. The third kappa shape index (κ3) is 6.21. The predicted molar refractivity (Wildman–Crippen MR) is 139 cm³/mol. The maximum absolute atomic E-state index is 13.4. The average molecular weight is 507 g/mol. The van der Waals surface area contributed by atoms with E-state index in [0.717, 1.165) is 5.56 Å². The summed E-state index contributed by atoms with van der Waals surface area (Å²) in [7, 11) is 0. The SMILES string of the molecule is CC(C)Oc1ccccc1[C@@H]1CC(=O)Oc2cc3c(c(O)c21)C(=O)O[C@@H](C)CCCC(=O)CCCC=C3. The molecular weight excluding hydrogens is 472 g/mol. The van der Waals surface area contributed by atoms with Crippen LogP contribution in [0, 0.1) is 0 Å². The molecule has 0 aliphatic carbocycles. The van der Waals surface area contributed by atoms with Gasteiger partial charge in [-0.2, -0.15) is 0 Å². The van der Waals surface area contributed by atoms with Crippen molar-refractivity contribution in [1.82, 2.24) is 0 Å². The van der Waals surface area contributed by atoms with E-state index in [9.17, 15) is 19.5 Å². The Balaban J connectivity index is 1.83. The van der Waals surface area contributed by atoms with Crippen LogP contribution in [0.4, 0.5) is 0 Å². The Labute approximate surface area is 217 Å². The summed E-state index contributed by atoms with van der Waals surface area (Å²) in [5.41, 5.74) is 1.53. The second-order valence-corrected chi connectivity index (χ2v) is 9.98. The number of carbonyl (C=O) groups is 3. The van der Waals surface area contributed by atoms with Crippen molar-refractivity contribution in [2.75, 3.05) is 0 Å². The lowest BCUT2D eigenvalue weighted by atomic mass is 9.83. The fourth-order valence-corrected chi connectivity index (χ4v) is 4.91. The largest absolute Gasteiger partial charge is 0.507 e. The number of rotatable bonds is 3. The van der Waals surface area contributed by atoms with Crippen LogP contribution < -0.4 is 9.47 Å². The van der Waals surface area contributed by atoms with Crippen LogP contribution in [0.15, 0.2) is 36.4 Å². The number of fused-ring (bicyclic) bond motifs is 2. The number of esters is 2. The number of allylic oxidation sites excluding steroid dienone is 1. The van der Waals surface area contributed by atoms with Crippen molar-refractivity contribution in [3.05, 3.63) is 58.7 Å². The molecule has 2 aliphatic heterocycles. The van der Waals surface area contributed by atoms with E-state index in [1.54, 1.807) is 19.1 Å². The average Bonchev–Trinajstić information content (AvgIpc) is 2.82. The highest BCUT2D eigenvalue weighted by Gasteiger charge is 2.36. The lowest BCUT2D eigenvalue weighted by Crippen LogP contribution is -2.24. The molecule has 2 aromatic rings. The number of aromatic hydroxyl groups is 1. The molecule has 37 heavy (non-hydrogen) atoms. The lowest BCUT2D eigenvalue weighted by Gasteiger charge is -2.29. The maximum atomic E-state index is 13.4. The zero-order valence-electron chi connectivity index (χ0n) is 21.6. The van der Waals surface area contributed by atoms with Crippen molar-refractivity contribution in [2.45, 2.75) is 83.8 Å². The highest BCUT2D eigenvalue weighted by molar-refractivity contribution is 5.98. The molecule has 0 unspecified atom stereocenters. The van der Waals surface area contributed by atoms with E-state index < -0.39 is 24.0 Å². The number of hydrogen-bond acceptors (Lipinski definition) is 7. The fourth-order valence-electron chi connectivity index (χ4n) is 4.91. The van der Waals surface area contributed by atoms with E-state index in [4.69, 9.17) is 14.2 Å². The van der Waals surface area contributed by atoms with Crippen LogP contribution in [-0.2, 0) is 14.3 Å². The number of hydrogen-bond donors (Lipinski definition) is 1. The third-order valence-corrected chi connectivity index (χ3v) is 6.64. The standard InChI is InChI=1S/C30H34O7/c1-18(2)35-24-15-8-7-14-22(24)23-17-26(32)37-25-16-20-11-5-4-6-12-21(31)13-9-10-19(3)36-30(34)27(20)29(33)28(23)25/h5,7-8,11,14-16,18-19,23,33H,4,6,9-10,12-13,17H2,1-3H3/t19-,23-/m0/s1. The van der Waals surface area contributed by atoms with Crippen molar-refractivity contribution >= 4 is 23.8 Å². The summed E-state index contributed by atoms with van der Waals surface area (Å²) in [6.45, 7) is 5.61. The lowest BCUT2D eigenvalue weighted by molar-refractivity contribution is -0.135. The summed E-state index contributed by atoms with van der Waals surface area (Å²) in [4.78, 5) is 38.1. The number of Topliss-reactive ketones (excluding diaryl/α,β-unsaturated/α-hetero) is 1. The molecule has 2 heterocycles. The molecule has 1 N–H and O–H groups in total. The van der Waals surface area contributed by atoms with Gasteiger partial charge in [0.25, 0.3) is 0 Å². The van der Waals surface area contributed by atoms with E-state index in [-0.39, 0.29) is 35.4 Å². The Morgan fingerprint density at radius 3 is 2.62 bits per heavy atom. The summed E-state index contributed by atoms with van der Waals surface area (Å²) in [5.74, 6) is -0.894. The van der Waals surface area contributed by atoms with Crippen LogP contribution >= 0.6 is 0 Å². The fraction of sp³-hybridized carbons (Fsp3) is 0.433. The molecule has 7 nitrogen and oxygen atoms in total. The monoisotopic (exact) mass is 506 g/mol. The van der Waals surface area contributed by atoms with E-state index in [1.165, 1.54) is 0 Å². The number of ether oxygens (including phenoxy) is 3. The first kappa shape index (κ1) is 26.5. The van der Waals surface area contributed by atoms with Crippen LogP contribution in [-0.4, -0.2) is 35.0 Å². The van der Waals surface area contributed by atoms with Gasteiger partial charge in [0, 0.05) is 29.9 Å². The highest BCUT2D eigenvalue weighted by Crippen LogP contribution is 2.49. The molecule has 0 amide bonds. The molecule has 0 saturated carbocycles. The molecule has 0 fully saturated rings. The molecule has 4 rings (SSSR count). The Kier molecular flexibility index (Phi) is 8.31. The molecule has 2 aliphatic rings. The quantitative estimate of drug-likeness (QED) is 0.396. The van der Waals surface area contributed by atoms with Gasteiger partial charge in [-0.3, -0.25) is 9.59 Å². The van der Waals surface area contributed by atoms with Crippen LogP contribution in [0.3, 0.4) is 0 Å². The first-order chi connectivity index (χ1) is 17.7. The van der Waals surface area contributed by atoms with Crippen molar-refractivity contribution in [1.29, 1.82) is 0 Å². The minimum Gasteiger partial charge on any atom is -0.507 e. The third-order valence-electron chi connectivity index (χ3n) is 6.64. The van der Waals surface area contributed by atoms with Crippen LogP contribution in [0.25, 0.3) is 6.08 Å². The van der Waals surface area contributed by atoms with E-state index in [2.05, 4.69) is 0 Å². The maximum Gasteiger partial charge on any atom is 0.342 e. The second-order valence-electron chi connectivity index (χ2n) is 9.98. The Hall–Kier alpha value is -3.61. The first-order valence-corrected chi connectivity index (χ1v) is 13.0. The molecule has 0 saturated heterocycles. The van der Waals surface area contributed by atoms with E-state index in [1.807, 2.05) is 44.2 Å². The summed E-state index contributed by atoms with van der Waals surface area (Å²) in [6.07, 6.45) is 6.53. The molecule has 2 atom stereocenters. The van der Waals surface area contributed by atoms with Gasteiger partial charge in [0.1, 0.15) is 28.6 Å². The number of para-hydroxylation sites is 1. The molecule has 0 radical (unpaired) electrons. The normalized spacial score (nSPS) is 20.9. The van der Waals surface area contributed by atoms with Gasteiger partial charge in [0.15, 0.2) is 0 Å². The molecule has 2 aromatic carbocycles. The van der Waals surface area contributed by atoms with Crippen LogP contribution in [0.5, 0.6) is 17.2 Å². The summed E-state index contributed by atoms with van der Waals surface area (Å²) in [5, 5.41) is 11.6. The first-order valence-electron chi connectivity index (χ1n) is 13.0. The van der Waals surface area contributed by atoms with Gasteiger partial charge in [-0.15, -0.1) is 0 Å². The van der Waals surface area contributed by atoms with Gasteiger partial charge < -0.3 is 19.3 Å². The number of ketones is 1. The number of carbonyl (C=O) groups excluding carboxylic acids is 3. The summed E-state index contributed by atoms with van der Waals surface area (Å²) >= 11 is 0. The van der Waals surface area contributed by atoms with Gasteiger partial charge >= 0.3 is 11.9 Å². The van der Waals surface area contributed by atoms with Crippen molar-refractivity contribution in [3.8, 4) is 17.2 Å². The Morgan fingerprint density at radius 1 is 1.08 bits per heavy atom. The number of phenolic OH excluding ortho intramolecular Hbond substituents is 1. The van der Waals surface area contributed by atoms with Crippen LogP contribution in [0.2, 0.25) is 0 Å². The minimum atomic E-state index is -0.654. The van der Waals surface area contributed by atoms with Crippen molar-refractivity contribution in [2.24, 2.45) is 0 Å². The van der Waals surface area contributed by atoms with Crippen molar-refractivity contribution < 1.29 is 33.7 Å². The van der Waals surface area contributed by atoms with Gasteiger partial charge in [0.05, 0.1) is 18.6 Å². The molecule has 7 heteroatoms. The van der Waals surface area contributed by atoms with Gasteiger partial charge in [-0.25, -0.2) is 4.79 Å². The zero-order chi connectivity index (χ0) is 26.5. The predicted octanol–water partition coefficient (Wildman–Crippen LogP) is 6.10. The Bertz CT molecular complexity index is 1210. The van der Waals surface area contributed by atoms with Gasteiger partial charge in [-0.05, 0) is 64.2 Å². The minimum absolute atomic E-state index is 0.00681.